The first-order valence-electron chi connectivity index (χ1n) is 6.32. The van der Waals surface area contributed by atoms with E-state index in [0.717, 1.165) is 23.0 Å². The molecule has 1 aromatic heterocycles. The molecule has 1 aromatic carbocycles. The fourth-order valence-corrected chi connectivity index (χ4v) is 2.04. The van der Waals surface area contributed by atoms with Gasteiger partial charge in [0.05, 0.1) is 12.7 Å². The number of rotatable bonds is 4. The van der Waals surface area contributed by atoms with Gasteiger partial charge in [-0.15, -0.1) is 0 Å². The van der Waals surface area contributed by atoms with Crippen LogP contribution in [0.3, 0.4) is 0 Å². The van der Waals surface area contributed by atoms with Crippen LogP contribution >= 0.6 is 0 Å². The van der Waals surface area contributed by atoms with Crippen molar-refractivity contribution in [2.24, 2.45) is 12.8 Å². The Labute approximate surface area is 113 Å². The number of hydrogen-bond acceptors (Lipinski definition) is 4. The highest BCUT2D eigenvalue weighted by Crippen LogP contribution is 2.31. The number of methoxy groups -OCH3 is 1. The van der Waals surface area contributed by atoms with Crippen LogP contribution in [0.25, 0.3) is 11.4 Å². The molecule has 0 spiro atoms. The third kappa shape index (κ3) is 2.61. The molecule has 0 radical (unpaired) electrons. The van der Waals surface area contributed by atoms with Crippen molar-refractivity contribution >= 4 is 0 Å². The number of hydrogen-bond donors (Lipinski definition) is 1. The minimum atomic E-state index is 0.549. The van der Waals surface area contributed by atoms with E-state index < -0.39 is 0 Å². The predicted molar refractivity (Wildman–Crippen MR) is 75.2 cm³/mol. The van der Waals surface area contributed by atoms with Crippen molar-refractivity contribution in [3.05, 3.63) is 29.1 Å². The van der Waals surface area contributed by atoms with Crippen molar-refractivity contribution < 1.29 is 4.74 Å². The molecule has 0 aliphatic rings. The lowest BCUT2D eigenvalue weighted by molar-refractivity contribution is 0.415. The molecule has 0 atom stereocenters. The summed E-state index contributed by atoms with van der Waals surface area (Å²) in [6.45, 7) is 4.70. The summed E-state index contributed by atoms with van der Waals surface area (Å²) in [6, 6.07) is 4.12. The molecule has 0 fully saturated rings. The van der Waals surface area contributed by atoms with Gasteiger partial charge in [-0.1, -0.05) is 0 Å². The van der Waals surface area contributed by atoms with Crippen LogP contribution in [0.5, 0.6) is 5.75 Å². The molecule has 1 heterocycles. The Balaban J connectivity index is 2.54. The lowest BCUT2D eigenvalue weighted by Gasteiger charge is -2.10. The number of nitrogens with zero attached hydrogens (tertiary/aromatic N) is 3. The molecule has 2 N–H and O–H groups in total. The van der Waals surface area contributed by atoms with Crippen LogP contribution in [0.15, 0.2) is 12.1 Å². The second-order valence-corrected chi connectivity index (χ2v) is 4.65. The van der Waals surface area contributed by atoms with Crippen LogP contribution in [0.1, 0.15) is 17.0 Å². The number of aryl methyl sites for hydroxylation is 3. The van der Waals surface area contributed by atoms with Crippen LogP contribution in [-0.2, 0) is 13.5 Å². The molecule has 0 saturated heterocycles. The second kappa shape index (κ2) is 5.40. The fraction of sp³-hybridized carbons (Fsp3) is 0.429. The minimum absolute atomic E-state index is 0.549. The quantitative estimate of drug-likeness (QED) is 0.907. The van der Waals surface area contributed by atoms with E-state index in [1.54, 1.807) is 11.8 Å². The zero-order chi connectivity index (χ0) is 14.0. The lowest BCUT2D eigenvalue weighted by atomic mass is 10.0. The second-order valence-electron chi connectivity index (χ2n) is 4.65. The van der Waals surface area contributed by atoms with Crippen molar-refractivity contribution in [2.45, 2.75) is 20.3 Å². The lowest BCUT2D eigenvalue weighted by Crippen LogP contribution is -2.04. The van der Waals surface area contributed by atoms with Crippen LogP contribution < -0.4 is 10.5 Å². The van der Waals surface area contributed by atoms with Gasteiger partial charge in [0.15, 0.2) is 11.6 Å². The fourth-order valence-electron chi connectivity index (χ4n) is 2.04. The first kappa shape index (κ1) is 13.5. The van der Waals surface area contributed by atoms with Gasteiger partial charge in [-0.25, -0.2) is 9.67 Å². The summed E-state index contributed by atoms with van der Waals surface area (Å²) >= 11 is 0. The van der Waals surface area contributed by atoms with Gasteiger partial charge < -0.3 is 10.5 Å². The number of benzene rings is 1. The SMILES string of the molecule is COc1cc(C)c(C)cc1-c1nc(CCN)nn1C. The molecule has 2 aromatic rings. The molecule has 0 bridgehead atoms. The van der Waals surface area contributed by atoms with Crippen molar-refractivity contribution in [2.75, 3.05) is 13.7 Å². The highest BCUT2D eigenvalue weighted by molar-refractivity contribution is 5.66. The summed E-state index contributed by atoms with van der Waals surface area (Å²) < 4.78 is 7.23. The molecule has 19 heavy (non-hydrogen) atoms. The Hall–Kier alpha value is -1.88. The maximum Gasteiger partial charge on any atom is 0.161 e. The predicted octanol–water partition coefficient (Wildman–Crippen LogP) is 1.61. The molecule has 0 saturated carbocycles. The van der Waals surface area contributed by atoms with Gasteiger partial charge >= 0.3 is 0 Å². The maximum atomic E-state index is 5.54. The Morgan fingerprint density at radius 2 is 1.95 bits per heavy atom. The van der Waals surface area contributed by atoms with E-state index in [4.69, 9.17) is 10.5 Å². The first-order valence-corrected chi connectivity index (χ1v) is 6.32. The molecule has 102 valence electrons. The summed E-state index contributed by atoms with van der Waals surface area (Å²) in [5.74, 6) is 2.39. The summed E-state index contributed by atoms with van der Waals surface area (Å²) in [5.41, 5.74) is 8.91. The van der Waals surface area contributed by atoms with Gasteiger partial charge in [-0.05, 0) is 43.7 Å². The largest absolute Gasteiger partial charge is 0.496 e. The Morgan fingerprint density at radius 3 is 2.58 bits per heavy atom. The summed E-state index contributed by atoms with van der Waals surface area (Å²) in [5, 5.41) is 4.37. The molecule has 0 aliphatic carbocycles. The normalized spacial score (nSPS) is 10.8. The topological polar surface area (TPSA) is 66.0 Å². The van der Waals surface area contributed by atoms with E-state index in [1.165, 1.54) is 11.1 Å². The molecule has 0 aliphatic heterocycles. The summed E-state index contributed by atoms with van der Waals surface area (Å²) in [6.07, 6.45) is 0.682. The van der Waals surface area contributed by atoms with Crippen molar-refractivity contribution in [3.8, 4) is 17.1 Å². The molecule has 2 rings (SSSR count). The number of ether oxygens (including phenoxy) is 1. The summed E-state index contributed by atoms with van der Waals surface area (Å²) in [7, 11) is 3.56. The third-order valence-corrected chi connectivity index (χ3v) is 3.23. The van der Waals surface area contributed by atoms with Crippen molar-refractivity contribution in [3.63, 3.8) is 0 Å². The molecule has 0 amide bonds. The average Bonchev–Trinajstić information content (AvgIpc) is 2.73. The molecule has 5 heteroatoms. The van der Waals surface area contributed by atoms with E-state index in [-0.39, 0.29) is 0 Å². The van der Waals surface area contributed by atoms with Gasteiger partial charge in [-0.3, -0.25) is 0 Å². The third-order valence-electron chi connectivity index (χ3n) is 3.23. The average molecular weight is 260 g/mol. The molecule has 5 nitrogen and oxygen atoms in total. The highest BCUT2D eigenvalue weighted by atomic mass is 16.5. The summed E-state index contributed by atoms with van der Waals surface area (Å²) in [4.78, 5) is 4.54. The zero-order valence-electron chi connectivity index (χ0n) is 11.9. The molecular formula is C14H20N4O. The van der Waals surface area contributed by atoms with Crippen LogP contribution in [0.4, 0.5) is 0 Å². The number of aromatic nitrogens is 3. The monoisotopic (exact) mass is 260 g/mol. The van der Waals surface area contributed by atoms with Crippen LogP contribution in [-0.4, -0.2) is 28.4 Å². The minimum Gasteiger partial charge on any atom is -0.496 e. The molecular weight excluding hydrogens is 240 g/mol. The van der Waals surface area contributed by atoms with E-state index in [2.05, 4.69) is 30.0 Å². The van der Waals surface area contributed by atoms with E-state index >= 15 is 0 Å². The van der Waals surface area contributed by atoms with Crippen molar-refractivity contribution in [1.82, 2.24) is 14.8 Å². The van der Waals surface area contributed by atoms with Gasteiger partial charge in [0, 0.05) is 13.5 Å². The first-order chi connectivity index (χ1) is 9.06. The Kier molecular flexibility index (Phi) is 3.85. The van der Waals surface area contributed by atoms with E-state index in [9.17, 15) is 0 Å². The number of nitrogens with two attached hydrogens (primary N) is 1. The standard InChI is InChI=1S/C14H20N4O/c1-9-7-11(12(19-4)8-10(9)2)14-16-13(5-6-15)17-18(14)3/h7-8H,5-6,15H2,1-4H3. The van der Waals surface area contributed by atoms with Crippen LogP contribution in [0.2, 0.25) is 0 Å². The maximum absolute atomic E-state index is 5.54. The van der Waals surface area contributed by atoms with Gasteiger partial charge in [-0.2, -0.15) is 5.10 Å². The Morgan fingerprint density at radius 1 is 1.26 bits per heavy atom. The molecule has 0 unspecified atom stereocenters. The van der Waals surface area contributed by atoms with Gasteiger partial charge in [0.2, 0.25) is 0 Å². The zero-order valence-corrected chi connectivity index (χ0v) is 11.9. The van der Waals surface area contributed by atoms with Gasteiger partial charge in [0.25, 0.3) is 0 Å². The van der Waals surface area contributed by atoms with Crippen molar-refractivity contribution in [1.29, 1.82) is 0 Å². The highest BCUT2D eigenvalue weighted by Gasteiger charge is 2.15. The van der Waals surface area contributed by atoms with Crippen LogP contribution in [0, 0.1) is 13.8 Å². The van der Waals surface area contributed by atoms with E-state index in [1.807, 2.05) is 13.1 Å². The smallest absolute Gasteiger partial charge is 0.161 e. The van der Waals surface area contributed by atoms with Gasteiger partial charge in [0.1, 0.15) is 5.75 Å². The Bertz CT molecular complexity index is 589. The van der Waals surface area contributed by atoms with E-state index in [0.29, 0.717) is 13.0 Å².